The zero-order valence-electron chi connectivity index (χ0n) is 18.6. The lowest BCUT2D eigenvalue weighted by Gasteiger charge is -2.17. The van der Waals surface area contributed by atoms with E-state index in [1.54, 1.807) is 19.2 Å². The maximum atomic E-state index is 12.8. The molecule has 1 heterocycles. The molecular weight excluding hydrogens is 452 g/mol. The summed E-state index contributed by atoms with van der Waals surface area (Å²) in [4.78, 5) is 16.8. The molecule has 0 saturated heterocycles. The van der Waals surface area contributed by atoms with Gasteiger partial charge in [-0.1, -0.05) is 65.8 Å². The first kappa shape index (κ1) is 23.3. The van der Waals surface area contributed by atoms with Crippen molar-refractivity contribution in [3.63, 3.8) is 0 Å². The second-order valence-electron chi connectivity index (χ2n) is 7.70. The number of aryl methyl sites for hydroxylation is 1. The molecule has 4 aromatic rings. The summed E-state index contributed by atoms with van der Waals surface area (Å²) in [5.41, 5.74) is 2.24. The molecule has 1 N–H and O–H groups in total. The summed E-state index contributed by atoms with van der Waals surface area (Å²) in [5.74, 6) is 0.609. The predicted octanol–water partition coefficient (Wildman–Crippen LogP) is 4.13. The summed E-state index contributed by atoms with van der Waals surface area (Å²) in [7, 11) is -2.12. The molecule has 1 aromatic heterocycles. The maximum Gasteiger partial charge on any atom is 0.243 e. The van der Waals surface area contributed by atoms with Gasteiger partial charge in [0.25, 0.3) is 0 Å². The third kappa shape index (κ3) is 5.75. The lowest BCUT2D eigenvalue weighted by molar-refractivity contribution is -0.116. The van der Waals surface area contributed by atoms with Gasteiger partial charge in [-0.25, -0.2) is 8.42 Å². The van der Waals surface area contributed by atoms with Crippen LogP contribution < -0.4 is 5.32 Å². The molecule has 0 unspecified atom stereocenters. The highest BCUT2D eigenvalue weighted by molar-refractivity contribution is 7.89. The van der Waals surface area contributed by atoms with Gasteiger partial charge in [0.15, 0.2) is 0 Å². The van der Waals surface area contributed by atoms with Gasteiger partial charge in [-0.15, -0.1) is 0 Å². The van der Waals surface area contributed by atoms with E-state index in [4.69, 9.17) is 4.52 Å². The Morgan fingerprint density at radius 3 is 2.26 bits per heavy atom. The van der Waals surface area contributed by atoms with Gasteiger partial charge in [0.05, 0.1) is 4.90 Å². The van der Waals surface area contributed by atoms with E-state index < -0.39 is 10.0 Å². The molecule has 0 atom stereocenters. The number of carbonyl (C=O) groups is 1. The van der Waals surface area contributed by atoms with Gasteiger partial charge in [-0.05, 0) is 29.8 Å². The van der Waals surface area contributed by atoms with Crippen LogP contribution in [0, 0.1) is 0 Å². The third-order valence-electron chi connectivity index (χ3n) is 5.16. The maximum absolute atomic E-state index is 12.8. The molecule has 34 heavy (non-hydrogen) atoms. The number of nitrogens with one attached hydrogen (secondary N) is 1. The molecule has 0 saturated carbocycles. The third-order valence-corrected chi connectivity index (χ3v) is 6.98. The largest absolute Gasteiger partial charge is 0.339 e. The normalized spacial score (nSPS) is 11.5. The highest BCUT2D eigenvalue weighted by atomic mass is 32.2. The minimum atomic E-state index is -3.66. The topological polar surface area (TPSA) is 105 Å². The fraction of sp³-hybridized carbons (Fsp3) is 0.160. The first-order valence-electron chi connectivity index (χ1n) is 10.7. The number of hydrogen-bond acceptors (Lipinski definition) is 6. The van der Waals surface area contributed by atoms with Crippen molar-refractivity contribution in [2.45, 2.75) is 24.3 Å². The van der Waals surface area contributed by atoms with Crippen LogP contribution in [0.5, 0.6) is 0 Å². The van der Waals surface area contributed by atoms with E-state index in [9.17, 15) is 13.2 Å². The Hall–Kier alpha value is -3.82. The van der Waals surface area contributed by atoms with Crippen molar-refractivity contribution in [2.75, 3.05) is 12.4 Å². The number of amides is 1. The van der Waals surface area contributed by atoms with Crippen LogP contribution in [-0.2, 0) is 27.8 Å². The Balaban J connectivity index is 1.31. The highest BCUT2D eigenvalue weighted by Crippen LogP contribution is 2.20. The number of carbonyl (C=O) groups excluding carboxylic acids is 1. The number of nitrogens with zero attached hydrogens (tertiary/aromatic N) is 3. The van der Waals surface area contributed by atoms with Gasteiger partial charge in [0.2, 0.25) is 27.6 Å². The number of aromatic nitrogens is 2. The summed E-state index contributed by atoms with van der Waals surface area (Å²) in [6, 6.07) is 24.9. The van der Waals surface area contributed by atoms with Gasteiger partial charge < -0.3 is 9.84 Å². The summed E-state index contributed by atoms with van der Waals surface area (Å²) in [5, 5.41) is 6.70. The number of hydrogen-bond donors (Lipinski definition) is 1. The van der Waals surface area contributed by atoms with E-state index in [-0.39, 0.29) is 23.8 Å². The van der Waals surface area contributed by atoms with E-state index in [1.807, 2.05) is 60.7 Å². The summed E-state index contributed by atoms with van der Waals surface area (Å²) < 4.78 is 32.2. The predicted molar refractivity (Wildman–Crippen MR) is 128 cm³/mol. The second kappa shape index (κ2) is 10.4. The molecule has 8 nitrogen and oxygen atoms in total. The van der Waals surface area contributed by atoms with E-state index in [1.165, 1.54) is 16.4 Å². The highest BCUT2D eigenvalue weighted by Gasteiger charge is 2.21. The standard InChI is InChI=1S/C25H24N4O4S/c1-29(18-19-8-4-2-5-9-19)34(31,32)22-14-12-21(13-15-22)26-23(30)16-17-24-27-25(28-33-24)20-10-6-3-7-11-20/h2-15H,16-18H2,1H3,(H,26,30). The van der Waals surface area contributed by atoms with Crippen LogP contribution in [0.15, 0.2) is 94.3 Å². The van der Waals surface area contributed by atoms with Gasteiger partial charge in [-0.2, -0.15) is 9.29 Å². The van der Waals surface area contributed by atoms with Crippen molar-refractivity contribution in [2.24, 2.45) is 0 Å². The van der Waals surface area contributed by atoms with Crippen molar-refractivity contribution in [1.29, 1.82) is 0 Å². The molecule has 9 heteroatoms. The van der Waals surface area contributed by atoms with Crippen LogP contribution in [0.2, 0.25) is 0 Å². The molecule has 0 aliphatic heterocycles. The molecule has 1 amide bonds. The molecular formula is C25H24N4O4S. The second-order valence-corrected chi connectivity index (χ2v) is 9.74. The first-order chi connectivity index (χ1) is 16.4. The number of benzene rings is 3. The fourth-order valence-electron chi connectivity index (χ4n) is 3.32. The molecule has 0 spiro atoms. The van der Waals surface area contributed by atoms with Crippen LogP contribution in [0.25, 0.3) is 11.4 Å². The molecule has 0 bridgehead atoms. The van der Waals surface area contributed by atoms with Crippen LogP contribution in [0.1, 0.15) is 17.9 Å². The quantitative estimate of drug-likeness (QED) is 0.389. The van der Waals surface area contributed by atoms with Crippen molar-refractivity contribution in [3.8, 4) is 11.4 Å². The average Bonchev–Trinajstić information content (AvgIpc) is 3.33. The Kier molecular flexibility index (Phi) is 7.15. The van der Waals surface area contributed by atoms with Crippen LogP contribution in [0.4, 0.5) is 5.69 Å². The van der Waals surface area contributed by atoms with Gasteiger partial charge in [0.1, 0.15) is 0 Å². The minimum absolute atomic E-state index is 0.149. The Labute approximate surface area is 198 Å². The van der Waals surface area contributed by atoms with Gasteiger partial charge in [-0.3, -0.25) is 4.79 Å². The minimum Gasteiger partial charge on any atom is -0.339 e. The monoisotopic (exact) mass is 476 g/mol. The van der Waals surface area contributed by atoms with Crippen molar-refractivity contribution >= 4 is 21.6 Å². The van der Waals surface area contributed by atoms with E-state index in [0.717, 1.165) is 11.1 Å². The lowest BCUT2D eigenvalue weighted by atomic mass is 10.2. The SMILES string of the molecule is CN(Cc1ccccc1)S(=O)(=O)c1ccc(NC(=O)CCc2nc(-c3ccccc3)no2)cc1. The number of rotatable bonds is 9. The smallest absolute Gasteiger partial charge is 0.243 e. The molecule has 0 aliphatic rings. The Bertz CT molecular complexity index is 1340. The summed E-state index contributed by atoms with van der Waals surface area (Å²) >= 11 is 0. The van der Waals surface area contributed by atoms with Crippen LogP contribution in [-0.4, -0.2) is 35.8 Å². The first-order valence-corrected chi connectivity index (χ1v) is 12.1. The Morgan fingerprint density at radius 1 is 0.941 bits per heavy atom. The summed E-state index contributed by atoms with van der Waals surface area (Å²) in [6.45, 7) is 0.267. The zero-order chi connectivity index (χ0) is 24.0. The van der Waals surface area contributed by atoms with Gasteiger partial charge >= 0.3 is 0 Å². The molecule has 0 aliphatic carbocycles. The lowest BCUT2D eigenvalue weighted by Crippen LogP contribution is -2.26. The van der Waals surface area contributed by atoms with Crippen molar-refractivity contribution < 1.29 is 17.7 Å². The van der Waals surface area contributed by atoms with Crippen molar-refractivity contribution in [3.05, 3.63) is 96.4 Å². The average molecular weight is 477 g/mol. The molecule has 0 radical (unpaired) electrons. The fourth-order valence-corrected chi connectivity index (χ4v) is 4.48. The van der Waals surface area contributed by atoms with Crippen LogP contribution >= 0.6 is 0 Å². The van der Waals surface area contributed by atoms with Gasteiger partial charge in [0, 0.05) is 37.7 Å². The number of sulfonamides is 1. The van der Waals surface area contributed by atoms with Crippen LogP contribution in [0.3, 0.4) is 0 Å². The van der Waals surface area contributed by atoms with E-state index in [0.29, 0.717) is 23.8 Å². The molecule has 3 aromatic carbocycles. The molecule has 0 fully saturated rings. The Morgan fingerprint density at radius 2 is 1.59 bits per heavy atom. The molecule has 174 valence electrons. The van der Waals surface area contributed by atoms with Crippen molar-refractivity contribution in [1.82, 2.24) is 14.4 Å². The zero-order valence-corrected chi connectivity index (χ0v) is 19.4. The molecule has 4 rings (SSSR count). The number of anilines is 1. The summed E-state index contributed by atoms with van der Waals surface area (Å²) in [6.07, 6.45) is 0.443. The van der Waals surface area contributed by atoms with E-state index >= 15 is 0 Å². The van der Waals surface area contributed by atoms with E-state index in [2.05, 4.69) is 15.5 Å².